The molecule has 1 amide bonds. The van der Waals surface area contributed by atoms with Gasteiger partial charge in [0.1, 0.15) is 12.2 Å². The summed E-state index contributed by atoms with van der Waals surface area (Å²) in [7, 11) is 0. The van der Waals surface area contributed by atoms with Crippen LogP contribution in [0.2, 0.25) is 0 Å². The van der Waals surface area contributed by atoms with Crippen LogP contribution >= 0.6 is 0 Å². The molecule has 1 rings (SSSR count). The summed E-state index contributed by atoms with van der Waals surface area (Å²) in [5.41, 5.74) is 0. The van der Waals surface area contributed by atoms with E-state index in [-0.39, 0.29) is 13.0 Å². The highest BCUT2D eigenvalue weighted by Crippen LogP contribution is 2.27. The summed E-state index contributed by atoms with van der Waals surface area (Å²) in [6.07, 6.45) is -3.13. The van der Waals surface area contributed by atoms with E-state index in [4.69, 9.17) is 10.2 Å². The zero-order valence-corrected chi connectivity index (χ0v) is 7.78. The number of hydrogen-bond acceptors (Lipinski definition) is 3. The smallest absolute Gasteiger partial charge is 0.290 e. The van der Waals surface area contributed by atoms with Gasteiger partial charge in [0.2, 0.25) is 0 Å². The molecule has 2 N–H and O–H groups in total. The average Bonchev–Trinajstić information content (AvgIpc) is 2.08. The lowest BCUT2D eigenvalue weighted by atomic mass is 10.0. The van der Waals surface area contributed by atoms with Gasteiger partial charge in [-0.1, -0.05) is 0 Å². The van der Waals surface area contributed by atoms with E-state index in [9.17, 15) is 13.6 Å². The van der Waals surface area contributed by atoms with E-state index in [0.717, 1.165) is 4.90 Å². The van der Waals surface area contributed by atoms with Crippen LogP contribution in [0.15, 0.2) is 0 Å². The van der Waals surface area contributed by atoms with Crippen LogP contribution in [0.4, 0.5) is 8.78 Å². The highest BCUT2D eigenvalue weighted by molar-refractivity contribution is 5.80. The molecule has 0 bridgehead atoms. The molecule has 1 saturated heterocycles. The summed E-state index contributed by atoms with van der Waals surface area (Å²) in [5.74, 6) is -4.00. The van der Waals surface area contributed by atoms with Crippen LogP contribution in [0, 0.1) is 0 Å². The van der Waals surface area contributed by atoms with Gasteiger partial charge in [-0.2, -0.15) is 0 Å². The van der Waals surface area contributed by atoms with E-state index < -0.39 is 30.6 Å². The fourth-order valence-corrected chi connectivity index (χ4v) is 1.38. The first-order valence-corrected chi connectivity index (χ1v) is 4.37. The molecule has 82 valence electrons. The number of carbonyl (C=O) groups is 1. The summed E-state index contributed by atoms with van der Waals surface area (Å²) >= 11 is 0. The number of alkyl halides is 2. The van der Waals surface area contributed by atoms with Gasteiger partial charge in [-0.25, -0.2) is 8.78 Å². The van der Waals surface area contributed by atoms with E-state index in [1.807, 2.05) is 0 Å². The zero-order valence-electron chi connectivity index (χ0n) is 7.78. The van der Waals surface area contributed by atoms with Crippen LogP contribution in [0.5, 0.6) is 0 Å². The van der Waals surface area contributed by atoms with E-state index in [2.05, 4.69) is 0 Å². The van der Waals surface area contributed by atoms with Gasteiger partial charge in [0.05, 0.1) is 6.54 Å². The highest BCUT2D eigenvalue weighted by atomic mass is 19.3. The predicted molar refractivity (Wildman–Crippen MR) is 43.8 cm³/mol. The summed E-state index contributed by atoms with van der Waals surface area (Å²) < 4.78 is 25.9. The van der Waals surface area contributed by atoms with Crippen LogP contribution in [0.25, 0.3) is 0 Å². The van der Waals surface area contributed by atoms with Gasteiger partial charge in [-0.3, -0.25) is 4.79 Å². The molecule has 0 saturated carbocycles. The van der Waals surface area contributed by atoms with Crippen molar-refractivity contribution in [1.82, 2.24) is 4.90 Å². The zero-order chi connectivity index (χ0) is 10.9. The lowest BCUT2D eigenvalue weighted by Crippen LogP contribution is -2.55. The Morgan fingerprint density at radius 1 is 1.64 bits per heavy atom. The maximum atomic E-state index is 12.9. The van der Waals surface area contributed by atoms with Crippen molar-refractivity contribution < 1.29 is 23.8 Å². The van der Waals surface area contributed by atoms with Crippen molar-refractivity contribution in [3.8, 4) is 0 Å². The number of rotatable bonds is 1. The summed E-state index contributed by atoms with van der Waals surface area (Å²) in [5, 5.41) is 17.8. The standard InChI is InChI=1S/C8H13F2NO3/c1-5(12)7(14)11-3-2-6(13)8(9,10)4-11/h5-6,12-13H,2-4H2,1H3/t5-,6-/m0/s1. The second-order valence-electron chi connectivity index (χ2n) is 3.50. The number of likely N-dealkylation sites (tertiary alicyclic amines) is 1. The van der Waals surface area contributed by atoms with Crippen molar-refractivity contribution >= 4 is 5.91 Å². The normalized spacial score (nSPS) is 28.6. The average molecular weight is 209 g/mol. The van der Waals surface area contributed by atoms with E-state index in [0.29, 0.717) is 0 Å². The minimum atomic E-state index is -3.28. The predicted octanol–water partition coefficient (Wildman–Crippen LogP) is -0.404. The quantitative estimate of drug-likeness (QED) is 0.617. The molecular weight excluding hydrogens is 196 g/mol. The van der Waals surface area contributed by atoms with Gasteiger partial charge in [0.15, 0.2) is 0 Å². The molecule has 1 heterocycles. The van der Waals surface area contributed by atoms with Gasteiger partial charge in [-0.05, 0) is 13.3 Å². The fourth-order valence-electron chi connectivity index (χ4n) is 1.38. The molecule has 1 aliphatic heterocycles. The molecule has 0 radical (unpaired) electrons. The van der Waals surface area contributed by atoms with Gasteiger partial charge in [0.25, 0.3) is 11.8 Å². The molecule has 1 fully saturated rings. The van der Waals surface area contributed by atoms with Crippen LogP contribution < -0.4 is 0 Å². The van der Waals surface area contributed by atoms with E-state index in [1.54, 1.807) is 0 Å². The van der Waals surface area contributed by atoms with Crippen LogP contribution in [-0.2, 0) is 4.79 Å². The number of nitrogens with zero attached hydrogens (tertiary/aromatic N) is 1. The molecule has 0 aliphatic carbocycles. The van der Waals surface area contributed by atoms with Gasteiger partial charge >= 0.3 is 0 Å². The Morgan fingerprint density at radius 2 is 2.21 bits per heavy atom. The molecule has 6 heteroatoms. The Labute approximate surface area is 80.1 Å². The van der Waals surface area contributed by atoms with Gasteiger partial charge in [-0.15, -0.1) is 0 Å². The molecule has 4 nitrogen and oxygen atoms in total. The Hall–Kier alpha value is -0.750. The minimum Gasteiger partial charge on any atom is -0.387 e. The Morgan fingerprint density at radius 3 is 2.64 bits per heavy atom. The number of halogens is 2. The SMILES string of the molecule is C[C@H](O)C(=O)N1CC[C@H](O)C(F)(F)C1. The number of amides is 1. The molecule has 0 unspecified atom stereocenters. The summed E-state index contributed by atoms with van der Waals surface area (Å²) in [6, 6.07) is 0. The molecule has 0 aromatic rings. The molecule has 1 aliphatic rings. The number of aliphatic hydroxyl groups is 2. The lowest BCUT2D eigenvalue weighted by molar-refractivity contribution is -0.170. The highest BCUT2D eigenvalue weighted by Gasteiger charge is 2.45. The maximum absolute atomic E-state index is 12.9. The Bertz CT molecular complexity index is 233. The molecule has 14 heavy (non-hydrogen) atoms. The van der Waals surface area contributed by atoms with Crippen molar-refractivity contribution in [3.63, 3.8) is 0 Å². The molecule has 2 atom stereocenters. The third-order valence-electron chi connectivity index (χ3n) is 2.23. The van der Waals surface area contributed by atoms with Gasteiger partial charge < -0.3 is 15.1 Å². The fraction of sp³-hybridized carbons (Fsp3) is 0.875. The molecular formula is C8H13F2NO3. The van der Waals surface area contributed by atoms with Crippen molar-refractivity contribution in [2.75, 3.05) is 13.1 Å². The second-order valence-corrected chi connectivity index (χ2v) is 3.50. The van der Waals surface area contributed by atoms with E-state index >= 15 is 0 Å². The monoisotopic (exact) mass is 209 g/mol. The maximum Gasteiger partial charge on any atom is 0.290 e. The topological polar surface area (TPSA) is 60.8 Å². The van der Waals surface area contributed by atoms with Crippen LogP contribution in [0.3, 0.4) is 0 Å². The third-order valence-corrected chi connectivity index (χ3v) is 2.23. The van der Waals surface area contributed by atoms with Crippen molar-refractivity contribution in [3.05, 3.63) is 0 Å². The van der Waals surface area contributed by atoms with E-state index in [1.165, 1.54) is 6.92 Å². The lowest BCUT2D eigenvalue weighted by Gasteiger charge is -2.36. The summed E-state index contributed by atoms with van der Waals surface area (Å²) in [4.78, 5) is 12.0. The number of aliphatic hydroxyl groups excluding tert-OH is 2. The first kappa shape index (κ1) is 11.3. The summed E-state index contributed by atoms with van der Waals surface area (Å²) in [6.45, 7) is 0.462. The number of hydrogen-bond donors (Lipinski definition) is 2. The van der Waals surface area contributed by atoms with Crippen molar-refractivity contribution in [1.29, 1.82) is 0 Å². The van der Waals surface area contributed by atoms with Crippen molar-refractivity contribution in [2.45, 2.75) is 31.5 Å². The third kappa shape index (κ3) is 2.19. The second kappa shape index (κ2) is 3.78. The molecule has 0 aromatic carbocycles. The van der Waals surface area contributed by atoms with Gasteiger partial charge in [0, 0.05) is 6.54 Å². The number of carbonyl (C=O) groups excluding carboxylic acids is 1. The molecule has 0 aromatic heterocycles. The van der Waals surface area contributed by atoms with Crippen LogP contribution in [0.1, 0.15) is 13.3 Å². The van der Waals surface area contributed by atoms with Crippen LogP contribution in [-0.4, -0.2) is 52.2 Å². The first-order valence-electron chi connectivity index (χ1n) is 4.37. The first-order chi connectivity index (χ1) is 6.34. The Kier molecular flexibility index (Phi) is 3.06. The number of piperidine rings is 1. The Balaban J connectivity index is 2.64. The van der Waals surface area contributed by atoms with Crippen molar-refractivity contribution in [2.24, 2.45) is 0 Å². The largest absolute Gasteiger partial charge is 0.387 e. The molecule has 0 spiro atoms. The minimum absolute atomic E-state index is 0.0560.